The first-order chi connectivity index (χ1) is 7.26. The number of rotatable bonds is 2. The molecule has 1 saturated heterocycles. The van der Waals surface area contributed by atoms with Crippen LogP contribution in [0.3, 0.4) is 0 Å². The van der Waals surface area contributed by atoms with Gasteiger partial charge in [-0.05, 0) is 50.9 Å². The zero-order chi connectivity index (χ0) is 10.3. The van der Waals surface area contributed by atoms with Crippen LogP contribution in [0.15, 0.2) is 0 Å². The lowest BCUT2D eigenvalue weighted by molar-refractivity contribution is -0.222. The molecule has 4 atom stereocenters. The van der Waals surface area contributed by atoms with E-state index in [0.29, 0.717) is 5.92 Å². The first kappa shape index (κ1) is 10.1. The molecule has 2 saturated carbocycles. The molecule has 15 heavy (non-hydrogen) atoms. The minimum Gasteiger partial charge on any atom is -0.387 e. The monoisotopic (exact) mass is 212 g/mol. The molecule has 3 nitrogen and oxygen atoms in total. The molecular formula is C12H20O3. The molecular weight excluding hydrogens is 192 g/mol. The summed E-state index contributed by atoms with van der Waals surface area (Å²) in [5.74, 6) is 0.698. The third-order valence-electron chi connectivity index (χ3n) is 4.23. The van der Waals surface area contributed by atoms with Gasteiger partial charge in [-0.3, -0.25) is 0 Å². The summed E-state index contributed by atoms with van der Waals surface area (Å²) in [6, 6.07) is 0. The zero-order valence-electron chi connectivity index (χ0n) is 9.15. The Hall–Kier alpha value is -0.120. The maximum atomic E-state index is 10.4. The summed E-state index contributed by atoms with van der Waals surface area (Å²) in [5.41, 5.74) is -0.522. The number of ether oxygens (including phenoxy) is 2. The Kier molecular flexibility index (Phi) is 2.49. The van der Waals surface area contributed by atoms with Crippen molar-refractivity contribution in [1.82, 2.24) is 0 Å². The summed E-state index contributed by atoms with van der Waals surface area (Å²) in [5, 5.41) is 10.4. The molecule has 2 aliphatic carbocycles. The zero-order valence-corrected chi connectivity index (χ0v) is 9.15. The highest BCUT2D eigenvalue weighted by Crippen LogP contribution is 2.49. The molecule has 1 heterocycles. The van der Waals surface area contributed by atoms with Crippen molar-refractivity contribution in [2.45, 2.75) is 62.9 Å². The van der Waals surface area contributed by atoms with E-state index in [0.717, 1.165) is 38.7 Å². The van der Waals surface area contributed by atoms with Crippen molar-refractivity contribution in [3.05, 3.63) is 0 Å². The van der Waals surface area contributed by atoms with E-state index < -0.39 is 5.60 Å². The van der Waals surface area contributed by atoms with Crippen LogP contribution in [-0.2, 0) is 9.47 Å². The van der Waals surface area contributed by atoms with Crippen LogP contribution in [0.25, 0.3) is 0 Å². The molecule has 1 N–H and O–H groups in total. The third kappa shape index (κ3) is 1.81. The van der Waals surface area contributed by atoms with Gasteiger partial charge in [-0.25, -0.2) is 0 Å². The maximum Gasteiger partial charge on any atom is 0.158 e. The van der Waals surface area contributed by atoms with E-state index in [4.69, 9.17) is 9.47 Å². The summed E-state index contributed by atoms with van der Waals surface area (Å²) in [4.78, 5) is 0. The Morgan fingerprint density at radius 1 is 1.27 bits per heavy atom. The van der Waals surface area contributed by atoms with Crippen LogP contribution < -0.4 is 0 Å². The molecule has 4 unspecified atom stereocenters. The Bertz CT molecular complexity index is 237. The van der Waals surface area contributed by atoms with Crippen molar-refractivity contribution in [3.8, 4) is 0 Å². The second-order valence-electron chi connectivity index (χ2n) is 5.37. The normalized spacial score (nSPS) is 49.8. The fourth-order valence-corrected chi connectivity index (χ4v) is 3.36. The molecule has 0 amide bonds. The molecule has 2 bridgehead atoms. The van der Waals surface area contributed by atoms with E-state index in [1.807, 2.05) is 0 Å². The van der Waals surface area contributed by atoms with Crippen LogP contribution in [0.2, 0.25) is 0 Å². The Balaban J connectivity index is 1.59. The van der Waals surface area contributed by atoms with Crippen LogP contribution >= 0.6 is 0 Å². The lowest BCUT2D eigenvalue weighted by Crippen LogP contribution is -2.42. The molecule has 0 aromatic carbocycles. The molecule has 3 rings (SSSR count). The topological polar surface area (TPSA) is 38.7 Å². The van der Waals surface area contributed by atoms with Crippen LogP contribution in [0.5, 0.6) is 0 Å². The smallest absolute Gasteiger partial charge is 0.158 e. The average Bonchev–Trinajstić information content (AvgIpc) is 2.75. The Morgan fingerprint density at radius 3 is 2.80 bits per heavy atom. The minimum absolute atomic E-state index is 0.0411. The predicted octanol–water partition coefficient (Wildman–Crippen LogP) is 1.83. The van der Waals surface area contributed by atoms with Crippen LogP contribution in [0.1, 0.15) is 44.9 Å². The standard InChI is InChI=1S/C12H20O3/c13-12-5-4-9(8-12)7-10(12)15-11-3-1-2-6-14-11/h9-11,13H,1-8H2. The van der Waals surface area contributed by atoms with Crippen molar-refractivity contribution in [2.24, 2.45) is 5.92 Å². The lowest BCUT2D eigenvalue weighted by atomic mass is 9.94. The predicted molar refractivity (Wildman–Crippen MR) is 55.4 cm³/mol. The van der Waals surface area contributed by atoms with Gasteiger partial charge in [0.2, 0.25) is 0 Å². The summed E-state index contributed by atoms with van der Waals surface area (Å²) >= 11 is 0. The van der Waals surface area contributed by atoms with E-state index in [-0.39, 0.29) is 12.4 Å². The number of hydrogen-bond acceptors (Lipinski definition) is 3. The quantitative estimate of drug-likeness (QED) is 0.759. The van der Waals surface area contributed by atoms with Gasteiger partial charge in [0.05, 0.1) is 11.7 Å². The van der Waals surface area contributed by atoms with Gasteiger partial charge in [0, 0.05) is 6.61 Å². The number of fused-ring (bicyclic) bond motifs is 2. The summed E-state index contributed by atoms with van der Waals surface area (Å²) in [6.07, 6.45) is 7.43. The highest BCUT2D eigenvalue weighted by Gasteiger charge is 2.52. The van der Waals surface area contributed by atoms with Crippen molar-refractivity contribution >= 4 is 0 Å². The Morgan fingerprint density at radius 2 is 2.20 bits per heavy atom. The van der Waals surface area contributed by atoms with Gasteiger partial charge in [0.15, 0.2) is 6.29 Å². The van der Waals surface area contributed by atoms with Crippen LogP contribution in [0, 0.1) is 5.92 Å². The second-order valence-corrected chi connectivity index (χ2v) is 5.37. The van der Waals surface area contributed by atoms with Gasteiger partial charge in [-0.15, -0.1) is 0 Å². The second kappa shape index (κ2) is 3.72. The van der Waals surface area contributed by atoms with Gasteiger partial charge >= 0.3 is 0 Å². The molecule has 3 fully saturated rings. The maximum absolute atomic E-state index is 10.4. The highest BCUT2D eigenvalue weighted by atomic mass is 16.7. The van der Waals surface area contributed by atoms with Crippen LogP contribution in [-0.4, -0.2) is 29.7 Å². The molecule has 86 valence electrons. The summed E-state index contributed by atoms with van der Waals surface area (Å²) in [7, 11) is 0. The van der Waals surface area contributed by atoms with E-state index in [2.05, 4.69) is 0 Å². The van der Waals surface area contributed by atoms with Gasteiger partial charge in [-0.1, -0.05) is 0 Å². The third-order valence-corrected chi connectivity index (χ3v) is 4.23. The fourth-order valence-electron chi connectivity index (χ4n) is 3.36. The van der Waals surface area contributed by atoms with Gasteiger partial charge < -0.3 is 14.6 Å². The van der Waals surface area contributed by atoms with E-state index in [9.17, 15) is 5.11 Å². The van der Waals surface area contributed by atoms with Gasteiger partial charge in [-0.2, -0.15) is 0 Å². The summed E-state index contributed by atoms with van der Waals surface area (Å²) in [6.45, 7) is 0.819. The number of hydrogen-bond donors (Lipinski definition) is 1. The largest absolute Gasteiger partial charge is 0.387 e. The SMILES string of the molecule is OC12CCC(CC1OC1CCCCO1)C2. The molecule has 0 aromatic rings. The average molecular weight is 212 g/mol. The lowest BCUT2D eigenvalue weighted by Gasteiger charge is -2.34. The van der Waals surface area contributed by atoms with Gasteiger partial charge in [0.1, 0.15) is 0 Å². The molecule has 0 aromatic heterocycles. The van der Waals surface area contributed by atoms with Crippen LogP contribution in [0.4, 0.5) is 0 Å². The van der Waals surface area contributed by atoms with Crippen molar-refractivity contribution < 1.29 is 14.6 Å². The van der Waals surface area contributed by atoms with Crippen molar-refractivity contribution in [2.75, 3.05) is 6.61 Å². The van der Waals surface area contributed by atoms with E-state index >= 15 is 0 Å². The molecule has 3 heteroatoms. The van der Waals surface area contributed by atoms with Crippen molar-refractivity contribution in [1.29, 1.82) is 0 Å². The van der Waals surface area contributed by atoms with Gasteiger partial charge in [0.25, 0.3) is 0 Å². The fraction of sp³-hybridized carbons (Fsp3) is 1.00. The highest BCUT2D eigenvalue weighted by molar-refractivity contribution is 5.03. The molecule has 1 aliphatic heterocycles. The summed E-state index contributed by atoms with van der Waals surface area (Å²) < 4.78 is 11.5. The molecule has 3 aliphatic rings. The first-order valence-electron chi connectivity index (χ1n) is 6.26. The molecule has 0 radical (unpaired) electrons. The van der Waals surface area contributed by atoms with Crippen molar-refractivity contribution in [3.63, 3.8) is 0 Å². The minimum atomic E-state index is -0.522. The van der Waals surface area contributed by atoms with E-state index in [1.54, 1.807) is 0 Å². The van der Waals surface area contributed by atoms with E-state index in [1.165, 1.54) is 12.8 Å². The Labute approximate surface area is 90.8 Å². The number of aliphatic hydroxyl groups is 1. The molecule has 0 spiro atoms. The first-order valence-corrected chi connectivity index (χ1v) is 6.26.